The molecule has 1 saturated heterocycles. The van der Waals surface area contributed by atoms with Gasteiger partial charge in [-0.3, -0.25) is 9.59 Å². The minimum Gasteiger partial charge on any atom is -0.494 e. The number of benzene rings is 1. The molecule has 1 amide bonds. The first-order valence-corrected chi connectivity index (χ1v) is 11.5. The largest absolute Gasteiger partial charge is 0.494 e. The van der Waals surface area contributed by atoms with E-state index in [0.717, 1.165) is 10.6 Å². The second-order valence-corrected chi connectivity index (χ2v) is 9.61. The average molecular weight is 416 g/mol. The van der Waals surface area contributed by atoms with Gasteiger partial charge < -0.3 is 14.4 Å². The highest BCUT2D eigenvalue weighted by Crippen LogP contribution is 2.22. The number of likely N-dealkylation sites (N-methyl/N-ethyl adjacent to an activating group) is 1. The van der Waals surface area contributed by atoms with Gasteiger partial charge in [0, 0.05) is 18.0 Å². The number of amides is 1. The van der Waals surface area contributed by atoms with Crippen molar-refractivity contribution in [2.45, 2.75) is 37.3 Å². The molecule has 1 aromatic carbocycles. The molecule has 1 heterocycles. The fourth-order valence-corrected chi connectivity index (χ4v) is 5.23. The predicted molar refractivity (Wildman–Crippen MR) is 104 cm³/mol. The maximum atomic E-state index is 12.4. The van der Waals surface area contributed by atoms with Crippen molar-refractivity contribution in [3.05, 3.63) is 24.3 Å². The lowest BCUT2D eigenvalue weighted by Crippen LogP contribution is -2.44. The fourth-order valence-electron chi connectivity index (χ4n) is 2.77. The summed E-state index contributed by atoms with van der Waals surface area (Å²) in [6.07, 6.45) is -0.537. The molecule has 0 bridgehead atoms. The lowest BCUT2D eigenvalue weighted by atomic mass is 10.2. The van der Waals surface area contributed by atoms with E-state index in [2.05, 4.69) is 0 Å². The summed E-state index contributed by atoms with van der Waals surface area (Å²) >= 11 is 1.31. The molecule has 0 radical (unpaired) electrons. The molecule has 2 rings (SSSR count). The fraction of sp³-hybridized carbons (Fsp3) is 0.556. The van der Waals surface area contributed by atoms with Crippen molar-refractivity contribution in [2.24, 2.45) is 0 Å². The van der Waals surface area contributed by atoms with Crippen LogP contribution in [0.1, 0.15) is 20.3 Å². The van der Waals surface area contributed by atoms with Crippen LogP contribution in [0.5, 0.6) is 5.75 Å². The molecule has 1 aromatic rings. The Morgan fingerprint density at radius 1 is 1.30 bits per heavy atom. The summed E-state index contributed by atoms with van der Waals surface area (Å²) in [5.41, 5.74) is 0. The van der Waals surface area contributed by atoms with Crippen LogP contribution in [0.4, 0.5) is 0 Å². The third kappa shape index (κ3) is 6.42. The smallest absolute Gasteiger partial charge is 0.317 e. The molecule has 0 saturated carbocycles. The van der Waals surface area contributed by atoms with Gasteiger partial charge in [-0.2, -0.15) is 0 Å². The highest BCUT2D eigenvalue weighted by Gasteiger charge is 2.34. The topological polar surface area (TPSA) is 90.0 Å². The number of carbonyl (C=O) groups excluding carboxylic acids is 2. The van der Waals surface area contributed by atoms with E-state index in [1.807, 2.05) is 31.2 Å². The number of hydrogen-bond acceptors (Lipinski definition) is 7. The highest BCUT2D eigenvalue weighted by molar-refractivity contribution is 8.00. The lowest BCUT2D eigenvalue weighted by Gasteiger charge is -2.26. The monoisotopic (exact) mass is 415 g/mol. The van der Waals surface area contributed by atoms with Crippen LogP contribution in [0.2, 0.25) is 0 Å². The minimum atomic E-state index is -3.08. The van der Waals surface area contributed by atoms with Gasteiger partial charge in [0.15, 0.2) is 15.9 Å². The molecule has 9 heteroatoms. The van der Waals surface area contributed by atoms with Crippen molar-refractivity contribution in [3.63, 3.8) is 0 Å². The summed E-state index contributed by atoms with van der Waals surface area (Å²) in [5.74, 6) is -0.00183. The van der Waals surface area contributed by atoms with E-state index in [4.69, 9.17) is 9.47 Å². The minimum absolute atomic E-state index is 0.0382. The first kappa shape index (κ1) is 21.6. The third-order valence-corrected chi connectivity index (χ3v) is 6.99. The van der Waals surface area contributed by atoms with Crippen LogP contribution in [0.25, 0.3) is 0 Å². The number of hydrogen-bond donors (Lipinski definition) is 0. The molecule has 27 heavy (non-hydrogen) atoms. The zero-order valence-corrected chi connectivity index (χ0v) is 17.3. The first-order chi connectivity index (χ1) is 12.7. The van der Waals surface area contributed by atoms with Crippen molar-refractivity contribution in [3.8, 4) is 5.75 Å². The Morgan fingerprint density at radius 2 is 1.96 bits per heavy atom. The van der Waals surface area contributed by atoms with Crippen LogP contribution in [0.15, 0.2) is 29.2 Å². The average Bonchev–Trinajstić information content (AvgIpc) is 3.00. The van der Waals surface area contributed by atoms with Gasteiger partial charge in [0.05, 0.1) is 23.9 Å². The van der Waals surface area contributed by atoms with Crippen molar-refractivity contribution in [2.75, 3.05) is 30.9 Å². The Balaban J connectivity index is 1.79. The molecular formula is C18H25NO6S2. The van der Waals surface area contributed by atoms with E-state index in [1.54, 1.807) is 7.05 Å². The molecule has 7 nitrogen and oxygen atoms in total. The van der Waals surface area contributed by atoms with Crippen LogP contribution < -0.4 is 4.74 Å². The molecule has 150 valence electrons. The number of ether oxygens (including phenoxy) is 2. The lowest BCUT2D eigenvalue weighted by molar-refractivity contribution is -0.157. The normalized spacial score (nSPS) is 19.3. The van der Waals surface area contributed by atoms with Crippen LogP contribution >= 0.6 is 11.8 Å². The molecule has 0 unspecified atom stereocenters. The van der Waals surface area contributed by atoms with Gasteiger partial charge in [0.1, 0.15) is 5.75 Å². The molecular weight excluding hydrogens is 390 g/mol. The molecule has 1 aliphatic rings. The molecule has 1 fully saturated rings. The Hall–Kier alpha value is -1.74. The molecule has 0 aliphatic carbocycles. The van der Waals surface area contributed by atoms with Gasteiger partial charge in [0.25, 0.3) is 5.91 Å². The Kier molecular flexibility index (Phi) is 7.55. The summed E-state index contributed by atoms with van der Waals surface area (Å²) in [4.78, 5) is 26.7. The summed E-state index contributed by atoms with van der Waals surface area (Å²) in [6.45, 7) is 4.00. The van der Waals surface area contributed by atoms with Crippen LogP contribution in [-0.4, -0.2) is 68.3 Å². The Bertz CT molecular complexity index is 763. The zero-order valence-electron chi connectivity index (χ0n) is 15.7. The Morgan fingerprint density at radius 3 is 2.52 bits per heavy atom. The van der Waals surface area contributed by atoms with Gasteiger partial charge in [-0.05, 0) is 44.5 Å². The number of thioether (sulfide) groups is 1. The van der Waals surface area contributed by atoms with Crippen LogP contribution in [-0.2, 0) is 24.2 Å². The number of rotatable bonds is 8. The number of esters is 1. The van der Waals surface area contributed by atoms with E-state index < -0.39 is 27.8 Å². The van der Waals surface area contributed by atoms with Crippen molar-refractivity contribution in [1.29, 1.82) is 0 Å². The number of nitrogens with zero attached hydrogens (tertiary/aromatic N) is 1. The van der Waals surface area contributed by atoms with E-state index in [-0.39, 0.29) is 23.3 Å². The van der Waals surface area contributed by atoms with Gasteiger partial charge in [-0.1, -0.05) is 0 Å². The second kappa shape index (κ2) is 9.45. The standard InChI is InChI=1S/C18H25NO6S2/c1-4-24-15-5-7-16(8-6-15)26-11-17(20)25-13(2)18(21)19(3)14-9-10-27(22,23)12-14/h5-8,13-14H,4,9-12H2,1-3H3/t13-,14-/m1/s1. The number of sulfone groups is 1. The maximum absolute atomic E-state index is 12.4. The molecule has 0 spiro atoms. The Labute approximate surface area is 164 Å². The van der Waals surface area contributed by atoms with Crippen LogP contribution in [0, 0.1) is 0 Å². The summed E-state index contributed by atoms with van der Waals surface area (Å²) < 4.78 is 33.7. The zero-order chi connectivity index (χ0) is 20.0. The van der Waals surface area contributed by atoms with Crippen molar-refractivity contribution in [1.82, 2.24) is 4.90 Å². The summed E-state index contributed by atoms with van der Waals surface area (Å²) in [6, 6.07) is 7.00. The molecule has 0 N–H and O–H groups in total. The highest BCUT2D eigenvalue weighted by atomic mass is 32.2. The van der Waals surface area contributed by atoms with Gasteiger partial charge in [-0.25, -0.2) is 8.42 Å². The van der Waals surface area contributed by atoms with E-state index in [9.17, 15) is 18.0 Å². The summed E-state index contributed by atoms with van der Waals surface area (Å²) in [5, 5.41) is 0. The molecule has 1 aliphatic heterocycles. The third-order valence-electron chi connectivity index (χ3n) is 4.25. The van der Waals surface area contributed by atoms with E-state index >= 15 is 0 Å². The van der Waals surface area contributed by atoms with E-state index in [1.165, 1.54) is 23.6 Å². The quantitative estimate of drug-likeness (QED) is 0.472. The molecule has 2 atom stereocenters. The predicted octanol–water partition coefficient (Wildman–Crippen LogP) is 1.75. The SMILES string of the molecule is CCOc1ccc(SCC(=O)O[C@H](C)C(=O)N(C)[C@@H]2CCS(=O)(=O)C2)cc1. The summed E-state index contributed by atoms with van der Waals surface area (Å²) in [7, 11) is -1.53. The number of carbonyl (C=O) groups is 2. The van der Waals surface area contributed by atoms with Gasteiger partial charge in [0.2, 0.25) is 0 Å². The van der Waals surface area contributed by atoms with E-state index in [0.29, 0.717) is 13.0 Å². The second-order valence-electron chi connectivity index (χ2n) is 6.33. The maximum Gasteiger partial charge on any atom is 0.317 e. The van der Waals surface area contributed by atoms with Gasteiger partial charge >= 0.3 is 5.97 Å². The molecule has 0 aromatic heterocycles. The van der Waals surface area contributed by atoms with Crippen LogP contribution in [0.3, 0.4) is 0 Å². The van der Waals surface area contributed by atoms with Crippen molar-refractivity contribution >= 4 is 33.5 Å². The van der Waals surface area contributed by atoms with Crippen molar-refractivity contribution < 1.29 is 27.5 Å². The first-order valence-electron chi connectivity index (χ1n) is 8.74. The van der Waals surface area contributed by atoms with Gasteiger partial charge in [-0.15, -0.1) is 11.8 Å².